The summed E-state index contributed by atoms with van der Waals surface area (Å²) in [5.41, 5.74) is 5.13. The first-order chi connectivity index (χ1) is 7.93. The molecule has 0 radical (unpaired) electrons. The van der Waals surface area contributed by atoms with Crippen LogP contribution >= 0.6 is 0 Å². The van der Waals surface area contributed by atoms with Gasteiger partial charge < -0.3 is 15.2 Å². The lowest BCUT2D eigenvalue weighted by Crippen LogP contribution is -2.10. The van der Waals surface area contributed by atoms with Crippen LogP contribution in [0.2, 0.25) is 0 Å². The van der Waals surface area contributed by atoms with E-state index in [0.29, 0.717) is 18.5 Å². The first-order valence-corrected chi connectivity index (χ1v) is 4.96. The fraction of sp³-hybridized carbons (Fsp3) is 0.455. The fourth-order valence-electron chi connectivity index (χ4n) is 1.53. The molecule has 0 atom stereocenters. The summed E-state index contributed by atoms with van der Waals surface area (Å²) in [4.78, 5) is 0. The zero-order chi connectivity index (χ0) is 13.1. The Hall–Kier alpha value is -1.43. The lowest BCUT2D eigenvalue weighted by atomic mass is 10.1. The van der Waals surface area contributed by atoms with Crippen LogP contribution < -0.4 is 15.2 Å². The van der Waals surface area contributed by atoms with Gasteiger partial charge in [-0.1, -0.05) is 0 Å². The second-order valence-electron chi connectivity index (χ2n) is 3.40. The summed E-state index contributed by atoms with van der Waals surface area (Å²) in [5, 5.41) is 0. The van der Waals surface area contributed by atoms with Crippen LogP contribution in [0.3, 0.4) is 0 Å². The van der Waals surface area contributed by atoms with Crippen molar-refractivity contribution in [2.45, 2.75) is 12.6 Å². The molecule has 0 saturated heterocycles. The largest absolute Gasteiger partial charge is 0.496 e. The Morgan fingerprint density at radius 2 is 1.71 bits per heavy atom. The van der Waals surface area contributed by atoms with Gasteiger partial charge in [0, 0.05) is 0 Å². The van der Waals surface area contributed by atoms with Crippen LogP contribution in [-0.4, -0.2) is 20.8 Å². The van der Waals surface area contributed by atoms with Crippen LogP contribution in [0, 0.1) is 0 Å². The lowest BCUT2D eigenvalue weighted by molar-refractivity contribution is -0.138. The molecule has 96 valence electrons. The Balaban J connectivity index is 3.33. The predicted molar refractivity (Wildman–Crippen MR) is 57.3 cm³/mol. The van der Waals surface area contributed by atoms with E-state index in [2.05, 4.69) is 0 Å². The quantitative estimate of drug-likeness (QED) is 0.889. The van der Waals surface area contributed by atoms with E-state index in [1.165, 1.54) is 20.3 Å². The average Bonchev–Trinajstić information content (AvgIpc) is 2.27. The van der Waals surface area contributed by atoms with E-state index < -0.39 is 11.7 Å². The van der Waals surface area contributed by atoms with Crippen LogP contribution in [0.4, 0.5) is 13.2 Å². The maximum absolute atomic E-state index is 12.7. The zero-order valence-electron chi connectivity index (χ0n) is 9.60. The summed E-state index contributed by atoms with van der Waals surface area (Å²) in [5.74, 6) is -0.0506. The Morgan fingerprint density at radius 1 is 1.12 bits per heavy atom. The Labute approximate surface area is 97.3 Å². The van der Waals surface area contributed by atoms with Crippen molar-refractivity contribution >= 4 is 0 Å². The normalized spacial score (nSPS) is 11.4. The summed E-state index contributed by atoms with van der Waals surface area (Å²) in [6.45, 7) is 0.324. The number of halogens is 3. The highest BCUT2D eigenvalue weighted by atomic mass is 19.4. The molecule has 0 amide bonds. The molecular weight excluding hydrogens is 235 g/mol. The monoisotopic (exact) mass is 249 g/mol. The minimum Gasteiger partial charge on any atom is -0.496 e. The number of rotatable bonds is 4. The molecule has 17 heavy (non-hydrogen) atoms. The number of hydrogen-bond acceptors (Lipinski definition) is 3. The van der Waals surface area contributed by atoms with Crippen molar-refractivity contribution in [3.05, 3.63) is 23.3 Å². The molecular formula is C11H14F3NO2. The van der Waals surface area contributed by atoms with E-state index in [1.807, 2.05) is 0 Å². The van der Waals surface area contributed by atoms with Gasteiger partial charge in [0.1, 0.15) is 17.1 Å². The van der Waals surface area contributed by atoms with Crippen LogP contribution in [0.25, 0.3) is 0 Å². The third kappa shape index (κ3) is 3.03. The van der Waals surface area contributed by atoms with Crippen LogP contribution in [0.5, 0.6) is 11.5 Å². The summed E-state index contributed by atoms with van der Waals surface area (Å²) >= 11 is 0. The highest BCUT2D eigenvalue weighted by molar-refractivity contribution is 5.48. The van der Waals surface area contributed by atoms with Gasteiger partial charge in [-0.15, -0.1) is 0 Å². The fourth-order valence-corrected chi connectivity index (χ4v) is 1.53. The van der Waals surface area contributed by atoms with Crippen LogP contribution in [0.15, 0.2) is 12.1 Å². The van der Waals surface area contributed by atoms with Gasteiger partial charge in [0.15, 0.2) is 0 Å². The molecule has 0 spiro atoms. The van der Waals surface area contributed by atoms with Gasteiger partial charge >= 0.3 is 6.18 Å². The van der Waals surface area contributed by atoms with E-state index in [9.17, 15) is 13.2 Å². The number of hydrogen-bond donors (Lipinski definition) is 1. The molecule has 3 nitrogen and oxygen atoms in total. The molecule has 0 aliphatic heterocycles. The second kappa shape index (κ2) is 5.27. The highest BCUT2D eigenvalue weighted by Gasteiger charge is 2.35. The van der Waals surface area contributed by atoms with Gasteiger partial charge in [-0.2, -0.15) is 13.2 Å². The maximum atomic E-state index is 12.7. The van der Waals surface area contributed by atoms with Crippen molar-refractivity contribution in [2.75, 3.05) is 20.8 Å². The number of benzene rings is 1. The smallest absolute Gasteiger partial charge is 0.420 e. The van der Waals surface area contributed by atoms with E-state index in [1.54, 1.807) is 0 Å². The van der Waals surface area contributed by atoms with Gasteiger partial charge in [0.25, 0.3) is 0 Å². The van der Waals surface area contributed by atoms with E-state index in [-0.39, 0.29) is 11.5 Å². The molecule has 1 rings (SSSR count). The molecule has 0 aliphatic carbocycles. The van der Waals surface area contributed by atoms with Crippen molar-refractivity contribution in [3.63, 3.8) is 0 Å². The molecule has 1 aromatic carbocycles. The van der Waals surface area contributed by atoms with Gasteiger partial charge in [0.2, 0.25) is 0 Å². The molecule has 2 N–H and O–H groups in total. The van der Waals surface area contributed by atoms with Crippen molar-refractivity contribution in [1.29, 1.82) is 0 Å². The summed E-state index contributed by atoms with van der Waals surface area (Å²) in [6, 6.07) is 2.25. The van der Waals surface area contributed by atoms with E-state index >= 15 is 0 Å². The third-order valence-corrected chi connectivity index (χ3v) is 2.32. The molecule has 0 aromatic heterocycles. The summed E-state index contributed by atoms with van der Waals surface area (Å²) in [7, 11) is 2.52. The number of nitrogens with two attached hydrogens (primary N) is 1. The molecule has 0 bridgehead atoms. The second-order valence-corrected chi connectivity index (χ2v) is 3.40. The molecule has 0 fully saturated rings. The van der Waals surface area contributed by atoms with Gasteiger partial charge in [0.05, 0.1) is 14.2 Å². The van der Waals surface area contributed by atoms with Crippen molar-refractivity contribution in [2.24, 2.45) is 5.73 Å². The first-order valence-electron chi connectivity index (χ1n) is 4.96. The zero-order valence-corrected chi connectivity index (χ0v) is 9.60. The SMILES string of the molecule is COc1cc(C(F)(F)F)c(OC)cc1CCN. The third-order valence-electron chi connectivity index (χ3n) is 2.32. The number of methoxy groups -OCH3 is 2. The maximum Gasteiger partial charge on any atom is 0.420 e. The van der Waals surface area contributed by atoms with Gasteiger partial charge in [-0.25, -0.2) is 0 Å². The van der Waals surface area contributed by atoms with Gasteiger partial charge in [-0.3, -0.25) is 0 Å². The molecule has 0 aliphatic rings. The minimum atomic E-state index is -4.47. The molecule has 1 aromatic rings. The Morgan fingerprint density at radius 3 is 2.12 bits per heavy atom. The van der Waals surface area contributed by atoms with Crippen LogP contribution in [-0.2, 0) is 12.6 Å². The summed E-state index contributed by atoms with van der Waals surface area (Å²) in [6.07, 6.45) is -4.04. The van der Waals surface area contributed by atoms with Crippen molar-refractivity contribution in [3.8, 4) is 11.5 Å². The minimum absolute atomic E-state index is 0.170. The topological polar surface area (TPSA) is 44.5 Å². The average molecular weight is 249 g/mol. The molecule has 0 heterocycles. The first kappa shape index (κ1) is 13.6. The predicted octanol–water partition coefficient (Wildman–Crippen LogP) is 2.22. The standard InChI is InChI=1S/C11H14F3NO2/c1-16-9-6-8(11(12,13)14)10(17-2)5-7(9)3-4-15/h5-6H,3-4,15H2,1-2H3. The van der Waals surface area contributed by atoms with E-state index in [0.717, 1.165) is 6.07 Å². The molecule has 0 saturated carbocycles. The molecule has 0 unspecified atom stereocenters. The Kier molecular flexibility index (Phi) is 4.22. The highest BCUT2D eigenvalue weighted by Crippen LogP contribution is 2.40. The molecule has 6 heteroatoms. The van der Waals surface area contributed by atoms with E-state index in [4.69, 9.17) is 15.2 Å². The van der Waals surface area contributed by atoms with Gasteiger partial charge in [-0.05, 0) is 30.7 Å². The van der Waals surface area contributed by atoms with Crippen LogP contribution in [0.1, 0.15) is 11.1 Å². The number of alkyl halides is 3. The number of ether oxygens (including phenoxy) is 2. The van der Waals surface area contributed by atoms with Crippen molar-refractivity contribution in [1.82, 2.24) is 0 Å². The van der Waals surface area contributed by atoms with Crippen molar-refractivity contribution < 1.29 is 22.6 Å². The lowest BCUT2D eigenvalue weighted by Gasteiger charge is -2.16. The summed E-state index contributed by atoms with van der Waals surface area (Å²) < 4.78 is 47.8. The Bertz CT molecular complexity index is 391.